The summed E-state index contributed by atoms with van der Waals surface area (Å²) in [6.07, 6.45) is 4.07. The maximum Gasteiger partial charge on any atom is 0.233 e. The fraction of sp³-hybridized carbons (Fsp3) is 0.375. The Morgan fingerprint density at radius 2 is 1.89 bits per heavy atom. The van der Waals surface area contributed by atoms with E-state index in [0.717, 1.165) is 30.9 Å². The van der Waals surface area contributed by atoms with Gasteiger partial charge < -0.3 is 5.11 Å². The molecule has 0 aromatic heterocycles. The maximum absolute atomic E-state index is 11.8. The van der Waals surface area contributed by atoms with Gasteiger partial charge in [-0.05, 0) is 30.4 Å². The third-order valence-electron chi connectivity index (χ3n) is 3.34. The normalized spacial score (nSPS) is 14.6. The summed E-state index contributed by atoms with van der Waals surface area (Å²) < 4.78 is 0. The Hall–Kier alpha value is -1.90. The SMILES string of the molecule is CC(C)CCCc1ccc2c(c1)C(=O)C(=O)C=C2O. The molecule has 0 spiro atoms. The topological polar surface area (TPSA) is 54.4 Å². The monoisotopic (exact) mass is 258 g/mol. The molecule has 0 fully saturated rings. The number of allylic oxidation sites excluding steroid dienone is 1. The third-order valence-corrected chi connectivity index (χ3v) is 3.34. The number of carbonyl (C=O) groups excluding carboxylic acids is 2. The lowest BCUT2D eigenvalue weighted by Gasteiger charge is -2.13. The van der Waals surface area contributed by atoms with E-state index in [1.165, 1.54) is 0 Å². The number of benzene rings is 1. The van der Waals surface area contributed by atoms with Gasteiger partial charge in [0.15, 0.2) is 0 Å². The molecule has 2 rings (SSSR count). The molecule has 0 aliphatic heterocycles. The Morgan fingerprint density at radius 3 is 2.58 bits per heavy atom. The van der Waals surface area contributed by atoms with E-state index in [1.807, 2.05) is 6.07 Å². The van der Waals surface area contributed by atoms with Crippen LogP contribution in [0.4, 0.5) is 0 Å². The van der Waals surface area contributed by atoms with Gasteiger partial charge in [-0.25, -0.2) is 0 Å². The zero-order valence-corrected chi connectivity index (χ0v) is 11.3. The Balaban J connectivity index is 2.22. The van der Waals surface area contributed by atoms with Gasteiger partial charge in [0, 0.05) is 17.2 Å². The summed E-state index contributed by atoms with van der Waals surface area (Å²) in [5.74, 6) is -0.635. The molecule has 0 bridgehead atoms. The second kappa shape index (κ2) is 5.39. The summed E-state index contributed by atoms with van der Waals surface area (Å²) in [5.41, 5.74) is 1.82. The first-order chi connectivity index (χ1) is 8.99. The molecule has 19 heavy (non-hydrogen) atoms. The number of hydrogen-bond acceptors (Lipinski definition) is 3. The maximum atomic E-state index is 11.8. The number of aliphatic hydroxyl groups is 1. The molecule has 0 radical (unpaired) electrons. The lowest BCUT2D eigenvalue weighted by molar-refractivity contribution is -0.111. The molecule has 0 unspecified atom stereocenters. The smallest absolute Gasteiger partial charge is 0.233 e. The number of ketones is 2. The van der Waals surface area contributed by atoms with Gasteiger partial charge in [0.1, 0.15) is 5.76 Å². The van der Waals surface area contributed by atoms with Crippen molar-refractivity contribution in [2.75, 3.05) is 0 Å². The van der Waals surface area contributed by atoms with Crippen LogP contribution >= 0.6 is 0 Å². The molecule has 1 aromatic rings. The van der Waals surface area contributed by atoms with Crippen molar-refractivity contribution in [3.8, 4) is 0 Å². The van der Waals surface area contributed by atoms with Gasteiger partial charge >= 0.3 is 0 Å². The minimum absolute atomic E-state index is 0.117. The Morgan fingerprint density at radius 1 is 1.16 bits per heavy atom. The number of hydrogen-bond donors (Lipinski definition) is 1. The first-order valence-electron chi connectivity index (χ1n) is 6.61. The molecule has 0 saturated carbocycles. The summed E-state index contributed by atoms with van der Waals surface area (Å²) in [4.78, 5) is 23.2. The standard InChI is InChI=1S/C16H18O3/c1-10(2)4-3-5-11-6-7-12-13(8-11)16(19)15(18)9-14(12)17/h6-10,17H,3-5H2,1-2H3. The van der Waals surface area contributed by atoms with E-state index in [9.17, 15) is 14.7 Å². The predicted octanol–water partition coefficient (Wildman–Crippen LogP) is 3.33. The van der Waals surface area contributed by atoms with E-state index in [0.29, 0.717) is 17.0 Å². The van der Waals surface area contributed by atoms with E-state index in [4.69, 9.17) is 0 Å². The number of fused-ring (bicyclic) bond motifs is 1. The van der Waals surface area contributed by atoms with E-state index >= 15 is 0 Å². The van der Waals surface area contributed by atoms with Crippen molar-refractivity contribution in [1.29, 1.82) is 0 Å². The average Bonchev–Trinajstić information content (AvgIpc) is 2.35. The van der Waals surface area contributed by atoms with Crippen LogP contribution in [0.1, 0.15) is 48.2 Å². The average molecular weight is 258 g/mol. The molecule has 0 amide bonds. The fourth-order valence-corrected chi connectivity index (χ4v) is 2.27. The first kappa shape index (κ1) is 13.5. The molecule has 1 aliphatic carbocycles. The summed E-state index contributed by atoms with van der Waals surface area (Å²) in [6, 6.07) is 5.36. The van der Waals surface area contributed by atoms with E-state index < -0.39 is 11.6 Å². The van der Waals surface area contributed by atoms with Crippen LogP contribution in [-0.4, -0.2) is 16.7 Å². The van der Waals surface area contributed by atoms with E-state index in [1.54, 1.807) is 12.1 Å². The van der Waals surface area contributed by atoms with Crippen LogP contribution in [0.15, 0.2) is 24.3 Å². The van der Waals surface area contributed by atoms with Gasteiger partial charge in [-0.1, -0.05) is 32.4 Å². The lowest BCUT2D eigenvalue weighted by Crippen LogP contribution is -2.18. The van der Waals surface area contributed by atoms with Crippen LogP contribution in [0.3, 0.4) is 0 Å². The third kappa shape index (κ3) is 2.92. The van der Waals surface area contributed by atoms with Crippen molar-refractivity contribution < 1.29 is 14.7 Å². The van der Waals surface area contributed by atoms with Gasteiger partial charge in [0.05, 0.1) is 0 Å². The fourth-order valence-electron chi connectivity index (χ4n) is 2.27. The van der Waals surface area contributed by atoms with Crippen molar-refractivity contribution in [1.82, 2.24) is 0 Å². The van der Waals surface area contributed by atoms with E-state index in [-0.39, 0.29) is 5.76 Å². The number of Topliss-reactive ketones (excluding diaryl/α,β-unsaturated/α-hetero) is 1. The van der Waals surface area contributed by atoms with Crippen molar-refractivity contribution >= 4 is 17.3 Å². The second-order valence-corrected chi connectivity index (χ2v) is 5.39. The molecule has 3 heteroatoms. The lowest BCUT2D eigenvalue weighted by atomic mass is 9.91. The predicted molar refractivity (Wildman–Crippen MR) is 74.2 cm³/mol. The van der Waals surface area contributed by atoms with Crippen molar-refractivity contribution in [3.05, 3.63) is 41.0 Å². The molecule has 1 aromatic carbocycles. The summed E-state index contributed by atoms with van der Waals surface area (Å²) in [7, 11) is 0. The minimum Gasteiger partial charge on any atom is -0.507 e. The molecule has 0 saturated heterocycles. The van der Waals surface area contributed by atoms with Gasteiger partial charge in [-0.2, -0.15) is 0 Å². The highest BCUT2D eigenvalue weighted by atomic mass is 16.3. The number of aryl methyl sites for hydroxylation is 1. The quantitative estimate of drug-likeness (QED) is 0.843. The summed E-state index contributed by atoms with van der Waals surface area (Å²) in [6.45, 7) is 4.36. The molecular weight excluding hydrogens is 240 g/mol. The van der Waals surface area contributed by atoms with Gasteiger partial charge in [-0.3, -0.25) is 9.59 Å². The second-order valence-electron chi connectivity index (χ2n) is 5.39. The summed E-state index contributed by atoms with van der Waals surface area (Å²) >= 11 is 0. The Bertz CT molecular complexity index is 553. The zero-order valence-electron chi connectivity index (χ0n) is 11.3. The van der Waals surface area contributed by atoms with Crippen molar-refractivity contribution in [3.63, 3.8) is 0 Å². The van der Waals surface area contributed by atoms with Crippen LogP contribution in [0.5, 0.6) is 0 Å². The number of rotatable bonds is 4. The number of carbonyl (C=O) groups is 2. The van der Waals surface area contributed by atoms with Crippen LogP contribution < -0.4 is 0 Å². The zero-order chi connectivity index (χ0) is 14.0. The highest BCUT2D eigenvalue weighted by Crippen LogP contribution is 2.25. The van der Waals surface area contributed by atoms with Crippen molar-refractivity contribution in [2.24, 2.45) is 5.92 Å². The molecular formula is C16H18O3. The van der Waals surface area contributed by atoms with E-state index in [2.05, 4.69) is 13.8 Å². The molecule has 1 N–H and O–H groups in total. The van der Waals surface area contributed by atoms with Crippen LogP contribution in [-0.2, 0) is 11.2 Å². The van der Waals surface area contributed by atoms with Gasteiger partial charge in [0.25, 0.3) is 0 Å². The van der Waals surface area contributed by atoms with Crippen molar-refractivity contribution in [2.45, 2.75) is 33.1 Å². The highest BCUT2D eigenvalue weighted by molar-refractivity contribution is 6.50. The van der Waals surface area contributed by atoms with Crippen LogP contribution in [0.2, 0.25) is 0 Å². The Labute approximate surface area is 113 Å². The Kier molecular flexibility index (Phi) is 3.84. The molecule has 0 heterocycles. The van der Waals surface area contributed by atoms with Crippen LogP contribution in [0, 0.1) is 5.92 Å². The summed E-state index contributed by atoms with van der Waals surface area (Å²) in [5, 5.41) is 9.68. The van der Waals surface area contributed by atoms with Crippen LogP contribution in [0.25, 0.3) is 5.76 Å². The first-order valence-corrected chi connectivity index (χ1v) is 6.61. The number of aliphatic hydroxyl groups excluding tert-OH is 1. The molecule has 0 atom stereocenters. The minimum atomic E-state index is -0.649. The van der Waals surface area contributed by atoms with Gasteiger partial charge in [0.2, 0.25) is 11.6 Å². The molecule has 100 valence electrons. The van der Waals surface area contributed by atoms with Gasteiger partial charge in [-0.15, -0.1) is 0 Å². The highest BCUT2D eigenvalue weighted by Gasteiger charge is 2.25. The molecule has 1 aliphatic rings. The molecule has 3 nitrogen and oxygen atoms in total. The largest absolute Gasteiger partial charge is 0.507 e.